The van der Waals surface area contributed by atoms with Gasteiger partial charge in [-0.15, -0.1) is 11.3 Å². The van der Waals surface area contributed by atoms with E-state index in [-0.39, 0.29) is 6.61 Å². The van der Waals surface area contributed by atoms with Crippen molar-refractivity contribution in [1.82, 2.24) is 5.43 Å². The van der Waals surface area contributed by atoms with E-state index in [9.17, 15) is 19.2 Å². The SMILES string of the molecule is CCOC(=O)c1c(NC(=O)C(=O)N/N=C(\C)c2ccc(OC(=O)c3cccc(C)c3)cc2)sc2c1CCCC2. The fourth-order valence-corrected chi connectivity index (χ4v) is 5.46. The number of hydrazone groups is 1. The number of hydrogen-bond acceptors (Lipinski definition) is 8. The Morgan fingerprint density at radius 1 is 0.949 bits per heavy atom. The standard InChI is InChI=1S/C29H29N3O6S/c1-4-37-29(36)24-22-10-5-6-11-23(22)39-27(24)30-25(33)26(34)32-31-18(3)19-12-14-21(15-13-19)38-28(35)20-9-7-8-17(2)16-20/h7-9,12-16H,4-6,10-11H2,1-3H3,(H,30,33)(H,32,34)/b31-18+. The molecule has 0 radical (unpaired) electrons. The molecular weight excluding hydrogens is 518 g/mol. The predicted octanol–water partition coefficient (Wildman–Crippen LogP) is 4.81. The zero-order chi connectivity index (χ0) is 27.9. The molecule has 0 fully saturated rings. The summed E-state index contributed by atoms with van der Waals surface area (Å²) in [6.45, 7) is 5.49. The number of hydrogen-bond donors (Lipinski definition) is 2. The van der Waals surface area contributed by atoms with Crippen molar-refractivity contribution in [1.29, 1.82) is 0 Å². The van der Waals surface area contributed by atoms with Gasteiger partial charge in [0.25, 0.3) is 0 Å². The average Bonchev–Trinajstić information content (AvgIpc) is 3.29. The molecule has 0 aliphatic heterocycles. The number of amides is 2. The normalized spacial score (nSPS) is 12.7. The Morgan fingerprint density at radius 3 is 2.41 bits per heavy atom. The van der Waals surface area contributed by atoms with Gasteiger partial charge in [-0.3, -0.25) is 9.59 Å². The number of anilines is 1. The fourth-order valence-electron chi connectivity index (χ4n) is 4.19. The first-order valence-electron chi connectivity index (χ1n) is 12.6. The second kappa shape index (κ2) is 12.5. The monoisotopic (exact) mass is 547 g/mol. The average molecular weight is 548 g/mol. The van der Waals surface area contributed by atoms with E-state index in [0.29, 0.717) is 33.2 Å². The Labute approximate surface area is 230 Å². The van der Waals surface area contributed by atoms with Crippen molar-refractivity contribution in [3.63, 3.8) is 0 Å². The molecule has 202 valence electrons. The molecule has 0 atom stereocenters. The quantitative estimate of drug-likeness (QED) is 0.144. The van der Waals surface area contributed by atoms with Crippen LogP contribution in [0.3, 0.4) is 0 Å². The number of aryl methyl sites for hydroxylation is 2. The lowest BCUT2D eigenvalue weighted by Crippen LogP contribution is -2.33. The van der Waals surface area contributed by atoms with Crippen molar-refractivity contribution in [2.45, 2.75) is 46.5 Å². The molecule has 1 aliphatic carbocycles. The van der Waals surface area contributed by atoms with Crippen LogP contribution in [0, 0.1) is 6.92 Å². The van der Waals surface area contributed by atoms with Crippen LogP contribution in [0.2, 0.25) is 0 Å². The smallest absolute Gasteiger partial charge is 0.343 e. The highest BCUT2D eigenvalue weighted by Gasteiger charge is 2.28. The van der Waals surface area contributed by atoms with Crippen LogP contribution >= 0.6 is 11.3 Å². The minimum Gasteiger partial charge on any atom is -0.462 e. The number of carbonyl (C=O) groups excluding carboxylic acids is 4. The molecule has 0 saturated heterocycles. The Morgan fingerprint density at radius 2 is 1.69 bits per heavy atom. The van der Waals surface area contributed by atoms with E-state index in [1.807, 2.05) is 13.0 Å². The van der Waals surface area contributed by atoms with Gasteiger partial charge >= 0.3 is 23.8 Å². The van der Waals surface area contributed by atoms with Gasteiger partial charge in [0.2, 0.25) is 0 Å². The van der Waals surface area contributed by atoms with Crippen LogP contribution in [0.15, 0.2) is 53.6 Å². The van der Waals surface area contributed by atoms with Crippen LogP contribution in [0.4, 0.5) is 5.00 Å². The predicted molar refractivity (Wildman–Crippen MR) is 148 cm³/mol. The number of thiophene rings is 1. The number of ether oxygens (including phenoxy) is 2. The molecule has 1 aliphatic rings. The van der Waals surface area contributed by atoms with Gasteiger partial charge in [-0.05, 0) is 94.0 Å². The summed E-state index contributed by atoms with van der Waals surface area (Å²) >= 11 is 1.30. The molecule has 0 bridgehead atoms. The summed E-state index contributed by atoms with van der Waals surface area (Å²) in [7, 11) is 0. The lowest BCUT2D eigenvalue weighted by atomic mass is 9.95. The van der Waals surface area contributed by atoms with Gasteiger partial charge in [0, 0.05) is 4.88 Å². The summed E-state index contributed by atoms with van der Waals surface area (Å²) in [5.41, 5.74) is 5.97. The summed E-state index contributed by atoms with van der Waals surface area (Å²) in [4.78, 5) is 51.0. The molecule has 0 spiro atoms. The summed E-state index contributed by atoms with van der Waals surface area (Å²) in [6.07, 6.45) is 3.51. The van der Waals surface area contributed by atoms with E-state index >= 15 is 0 Å². The van der Waals surface area contributed by atoms with E-state index in [2.05, 4.69) is 15.8 Å². The third-order valence-corrected chi connectivity index (χ3v) is 7.35. The van der Waals surface area contributed by atoms with Gasteiger partial charge in [0.15, 0.2) is 0 Å². The van der Waals surface area contributed by atoms with Crippen molar-refractivity contribution >= 4 is 45.8 Å². The zero-order valence-corrected chi connectivity index (χ0v) is 22.8. The maximum Gasteiger partial charge on any atom is 0.343 e. The van der Waals surface area contributed by atoms with Crippen LogP contribution < -0.4 is 15.5 Å². The van der Waals surface area contributed by atoms with Crippen LogP contribution in [-0.2, 0) is 27.2 Å². The highest BCUT2D eigenvalue weighted by atomic mass is 32.1. The van der Waals surface area contributed by atoms with Crippen LogP contribution in [0.25, 0.3) is 0 Å². The van der Waals surface area contributed by atoms with E-state index in [1.165, 1.54) is 11.3 Å². The molecule has 2 amide bonds. The molecule has 4 rings (SSSR count). The fraction of sp³-hybridized carbons (Fsp3) is 0.276. The third-order valence-electron chi connectivity index (χ3n) is 6.15. The lowest BCUT2D eigenvalue weighted by molar-refractivity contribution is -0.136. The number of esters is 2. The molecule has 1 heterocycles. The molecule has 10 heteroatoms. The number of nitrogens with one attached hydrogen (secondary N) is 2. The zero-order valence-electron chi connectivity index (χ0n) is 22.0. The van der Waals surface area contributed by atoms with Crippen molar-refractivity contribution in [3.8, 4) is 5.75 Å². The largest absolute Gasteiger partial charge is 0.462 e. The lowest BCUT2D eigenvalue weighted by Gasteiger charge is -2.12. The summed E-state index contributed by atoms with van der Waals surface area (Å²) in [5, 5.41) is 6.90. The maximum absolute atomic E-state index is 12.6. The summed E-state index contributed by atoms with van der Waals surface area (Å²) in [6, 6.07) is 13.7. The van der Waals surface area contributed by atoms with Gasteiger partial charge in [0.05, 0.1) is 23.4 Å². The van der Waals surface area contributed by atoms with Crippen LogP contribution in [0.5, 0.6) is 5.75 Å². The van der Waals surface area contributed by atoms with Crippen molar-refractivity contribution in [2.75, 3.05) is 11.9 Å². The Hall–Kier alpha value is -4.31. The number of carbonyl (C=O) groups is 4. The Kier molecular flexibility index (Phi) is 8.88. The minimum absolute atomic E-state index is 0.210. The number of rotatable bonds is 7. The molecule has 2 aromatic carbocycles. The number of nitrogens with zero attached hydrogens (tertiary/aromatic N) is 1. The Balaban J connectivity index is 1.38. The van der Waals surface area contributed by atoms with Gasteiger partial charge < -0.3 is 14.8 Å². The van der Waals surface area contributed by atoms with E-state index in [0.717, 1.165) is 41.7 Å². The molecule has 0 unspecified atom stereocenters. The molecule has 3 aromatic rings. The van der Waals surface area contributed by atoms with Crippen molar-refractivity contribution in [2.24, 2.45) is 5.10 Å². The number of fused-ring (bicyclic) bond motifs is 1. The first kappa shape index (κ1) is 27.7. The molecule has 1 aromatic heterocycles. The molecule has 9 nitrogen and oxygen atoms in total. The topological polar surface area (TPSA) is 123 Å². The van der Waals surface area contributed by atoms with Crippen LogP contribution in [-0.4, -0.2) is 36.1 Å². The highest BCUT2D eigenvalue weighted by molar-refractivity contribution is 7.17. The van der Waals surface area contributed by atoms with E-state index in [4.69, 9.17) is 9.47 Å². The van der Waals surface area contributed by atoms with Gasteiger partial charge in [-0.2, -0.15) is 5.10 Å². The third kappa shape index (κ3) is 6.77. The van der Waals surface area contributed by atoms with Crippen LogP contribution in [0.1, 0.15) is 69.0 Å². The van der Waals surface area contributed by atoms with E-state index in [1.54, 1.807) is 56.3 Å². The molecule has 39 heavy (non-hydrogen) atoms. The summed E-state index contributed by atoms with van der Waals surface area (Å²) < 4.78 is 10.6. The van der Waals surface area contributed by atoms with E-state index < -0.39 is 23.8 Å². The highest BCUT2D eigenvalue weighted by Crippen LogP contribution is 2.38. The molecule has 2 N–H and O–H groups in total. The first-order chi connectivity index (χ1) is 18.8. The molecule has 0 saturated carbocycles. The Bertz CT molecular complexity index is 1440. The van der Waals surface area contributed by atoms with Gasteiger partial charge in [0.1, 0.15) is 10.8 Å². The van der Waals surface area contributed by atoms with Gasteiger partial charge in [-0.1, -0.05) is 17.7 Å². The summed E-state index contributed by atoms with van der Waals surface area (Å²) in [5.74, 6) is -2.52. The first-order valence-corrected chi connectivity index (χ1v) is 13.4. The van der Waals surface area contributed by atoms with Gasteiger partial charge in [-0.25, -0.2) is 15.0 Å². The molecular formula is C29H29N3O6S. The maximum atomic E-state index is 12.6. The second-order valence-corrected chi connectivity index (χ2v) is 10.1. The van der Waals surface area contributed by atoms with Crippen molar-refractivity contribution in [3.05, 3.63) is 81.2 Å². The second-order valence-electron chi connectivity index (χ2n) is 9.01. The van der Waals surface area contributed by atoms with Crippen molar-refractivity contribution < 1.29 is 28.7 Å². The minimum atomic E-state index is -0.973. The number of benzene rings is 2.